The van der Waals surface area contributed by atoms with Gasteiger partial charge >= 0.3 is 0 Å². The fourth-order valence-corrected chi connectivity index (χ4v) is 2.13. The molecule has 122 valence electrons. The summed E-state index contributed by atoms with van der Waals surface area (Å²) < 4.78 is 0. The maximum absolute atomic E-state index is 12.0. The van der Waals surface area contributed by atoms with Crippen LogP contribution in [-0.4, -0.2) is 35.0 Å². The Morgan fingerprint density at radius 3 is 2.64 bits per heavy atom. The molecule has 0 spiro atoms. The van der Waals surface area contributed by atoms with Gasteiger partial charge in [0.15, 0.2) is 5.69 Å². The number of carbonyl (C=O) groups excluding carboxylic acids is 2. The lowest BCUT2D eigenvalue weighted by Gasteiger charge is -2.14. The molecule has 22 heavy (non-hydrogen) atoms. The molecule has 1 aromatic heterocycles. The standard InChI is InChI=1S/C16H25N3O3/c1-3-5-7-12(4-2)15(21)18-10-11-19-16(22)14-13(20)8-6-9-17-14/h6,8-9,12,20H,3-5,7,10-11H2,1-2H3,(H,18,21)(H,19,22). The van der Waals surface area contributed by atoms with Crippen LogP contribution < -0.4 is 10.6 Å². The Labute approximate surface area is 131 Å². The summed E-state index contributed by atoms with van der Waals surface area (Å²) in [6.45, 7) is 4.77. The lowest BCUT2D eigenvalue weighted by atomic mass is 9.98. The lowest BCUT2D eigenvalue weighted by molar-refractivity contribution is -0.125. The summed E-state index contributed by atoms with van der Waals surface area (Å²) >= 11 is 0. The average molecular weight is 307 g/mol. The number of hydrogen-bond donors (Lipinski definition) is 3. The summed E-state index contributed by atoms with van der Waals surface area (Å²) in [6, 6.07) is 2.96. The Balaban J connectivity index is 2.31. The fourth-order valence-electron chi connectivity index (χ4n) is 2.13. The number of nitrogens with one attached hydrogen (secondary N) is 2. The minimum Gasteiger partial charge on any atom is -0.505 e. The number of aromatic hydroxyl groups is 1. The predicted molar refractivity (Wildman–Crippen MR) is 84.6 cm³/mol. The molecule has 0 bridgehead atoms. The van der Waals surface area contributed by atoms with E-state index in [1.807, 2.05) is 6.92 Å². The van der Waals surface area contributed by atoms with E-state index >= 15 is 0 Å². The van der Waals surface area contributed by atoms with Crippen LogP contribution in [0.2, 0.25) is 0 Å². The third kappa shape index (κ3) is 5.71. The van der Waals surface area contributed by atoms with Crippen LogP contribution >= 0.6 is 0 Å². The molecule has 0 fully saturated rings. The van der Waals surface area contributed by atoms with Crippen molar-refractivity contribution in [2.75, 3.05) is 13.1 Å². The number of amides is 2. The van der Waals surface area contributed by atoms with Crippen LogP contribution in [0.25, 0.3) is 0 Å². The second kappa shape index (κ2) is 9.76. The molecule has 1 rings (SSSR count). The highest BCUT2D eigenvalue weighted by Crippen LogP contribution is 2.13. The van der Waals surface area contributed by atoms with Gasteiger partial charge in [0.25, 0.3) is 5.91 Å². The molecule has 0 aromatic carbocycles. The Kier molecular flexibility index (Phi) is 7.96. The van der Waals surface area contributed by atoms with Crippen molar-refractivity contribution in [2.45, 2.75) is 39.5 Å². The lowest BCUT2D eigenvalue weighted by Crippen LogP contribution is -2.37. The summed E-state index contributed by atoms with van der Waals surface area (Å²) in [7, 11) is 0. The SMILES string of the molecule is CCCCC(CC)C(=O)NCCNC(=O)c1ncccc1O. The van der Waals surface area contributed by atoms with Crippen molar-refractivity contribution in [3.05, 3.63) is 24.0 Å². The zero-order valence-corrected chi connectivity index (χ0v) is 13.3. The number of rotatable bonds is 9. The van der Waals surface area contributed by atoms with E-state index in [0.29, 0.717) is 13.1 Å². The zero-order chi connectivity index (χ0) is 16.4. The van der Waals surface area contributed by atoms with Crippen molar-refractivity contribution in [3.63, 3.8) is 0 Å². The molecule has 6 heteroatoms. The van der Waals surface area contributed by atoms with Crippen molar-refractivity contribution in [1.29, 1.82) is 0 Å². The van der Waals surface area contributed by atoms with Gasteiger partial charge in [-0.15, -0.1) is 0 Å². The third-order valence-corrected chi connectivity index (χ3v) is 3.48. The van der Waals surface area contributed by atoms with Crippen molar-refractivity contribution >= 4 is 11.8 Å². The van der Waals surface area contributed by atoms with E-state index in [0.717, 1.165) is 25.7 Å². The average Bonchev–Trinajstić information content (AvgIpc) is 2.52. The van der Waals surface area contributed by atoms with E-state index in [-0.39, 0.29) is 23.3 Å². The van der Waals surface area contributed by atoms with E-state index < -0.39 is 5.91 Å². The highest BCUT2D eigenvalue weighted by molar-refractivity contribution is 5.94. The number of nitrogens with zero attached hydrogens (tertiary/aromatic N) is 1. The van der Waals surface area contributed by atoms with Crippen LogP contribution in [0.4, 0.5) is 0 Å². The largest absolute Gasteiger partial charge is 0.505 e. The van der Waals surface area contributed by atoms with Crippen LogP contribution in [0.15, 0.2) is 18.3 Å². The van der Waals surface area contributed by atoms with Crippen molar-refractivity contribution in [2.24, 2.45) is 5.92 Å². The van der Waals surface area contributed by atoms with Crippen LogP contribution in [0.3, 0.4) is 0 Å². The van der Waals surface area contributed by atoms with Crippen molar-refractivity contribution in [3.8, 4) is 5.75 Å². The molecule has 1 heterocycles. The van der Waals surface area contributed by atoms with E-state index in [1.54, 1.807) is 6.07 Å². The second-order valence-electron chi connectivity index (χ2n) is 5.17. The zero-order valence-electron chi connectivity index (χ0n) is 13.3. The molecule has 1 atom stereocenters. The molecule has 0 aliphatic rings. The summed E-state index contributed by atoms with van der Waals surface area (Å²) in [5.74, 6) is -0.540. The predicted octanol–water partition coefficient (Wildman–Crippen LogP) is 1.85. The normalized spacial score (nSPS) is 11.7. The first-order chi connectivity index (χ1) is 10.6. The van der Waals surface area contributed by atoms with Gasteiger partial charge in [-0.3, -0.25) is 9.59 Å². The molecule has 0 saturated carbocycles. The van der Waals surface area contributed by atoms with Gasteiger partial charge in [-0.05, 0) is 25.0 Å². The van der Waals surface area contributed by atoms with Gasteiger partial charge in [0.05, 0.1) is 0 Å². The highest BCUT2D eigenvalue weighted by atomic mass is 16.3. The van der Waals surface area contributed by atoms with Gasteiger partial charge in [-0.25, -0.2) is 4.98 Å². The quantitative estimate of drug-likeness (QED) is 0.607. The van der Waals surface area contributed by atoms with Gasteiger partial charge in [0, 0.05) is 25.2 Å². The minimum absolute atomic E-state index is 0.0109. The summed E-state index contributed by atoms with van der Waals surface area (Å²) in [5.41, 5.74) is -0.0109. The number of aromatic nitrogens is 1. The molecular formula is C16H25N3O3. The van der Waals surface area contributed by atoms with Gasteiger partial charge in [0.2, 0.25) is 5.91 Å². The minimum atomic E-state index is -0.453. The molecule has 0 radical (unpaired) electrons. The number of hydrogen-bond acceptors (Lipinski definition) is 4. The Bertz CT molecular complexity index is 491. The summed E-state index contributed by atoms with van der Waals surface area (Å²) in [5, 5.41) is 15.0. The summed E-state index contributed by atoms with van der Waals surface area (Å²) in [4.78, 5) is 27.6. The van der Waals surface area contributed by atoms with Gasteiger partial charge in [-0.1, -0.05) is 26.7 Å². The van der Waals surface area contributed by atoms with Gasteiger partial charge < -0.3 is 15.7 Å². The van der Waals surface area contributed by atoms with Gasteiger partial charge in [-0.2, -0.15) is 0 Å². The maximum Gasteiger partial charge on any atom is 0.273 e. The van der Waals surface area contributed by atoms with Gasteiger partial charge in [0.1, 0.15) is 5.75 Å². The summed E-state index contributed by atoms with van der Waals surface area (Å²) in [6.07, 6.45) is 5.28. The molecule has 3 N–H and O–H groups in total. The van der Waals surface area contributed by atoms with E-state index in [1.165, 1.54) is 12.3 Å². The second-order valence-corrected chi connectivity index (χ2v) is 5.17. The number of pyridine rings is 1. The van der Waals surface area contributed by atoms with E-state index in [4.69, 9.17) is 0 Å². The maximum atomic E-state index is 12.0. The van der Waals surface area contributed by atoms with E-state index in [9.17, 15) is 14.7 Å². The molecule has 0 aliphatic heterocycles. The highest BCUT2D eigenvalue weighted by Gasteiger charge is 2.15. The number of carbonyl (C=O) groups is 2. The Morgan fingerprint density at radius 1 is 1.27 bits per heavy atom. The molecule has 0 saturated heterocycles. The Morgan fingerprint density at radius 2 is 2.00 bits per heavy atom. The molecule has 1 aromatic rings. The first-order valence-electron chi connectivity index (χ1n) is 7.80. The number of unbranched alkanes of at least 4 members (excludes halogenated alkanes) is 1. The molecular weight excluding hydrogens is 282 g/mol. The van der Waals surface area contributed by atoms with E-state index in [2.05, 4.69) is 22.5 Å². The molecule has 2 amide bonds. The first kappa shape index (κ1) is 17.9. The van der Waals surface area contributed by atoms with Crippen molar-refractivity contribution < 1.29 is 14.7 Å². The fraction of sp³-hybridized carbons (Fsp3) is 0.562. The smallest absolute Gasteiger partial charge is 0.273 e. The molecule has 0 aliphatic carbocycles. The van der Waals surface area contributed by atoms with Crippen LogP contribution in [0.1, 0.15) is 50.0 Å². The molecule has 6 nitrogen and oxygen atoms in total. The van der Waals surface area contributed by atoms with Crippen molar-refractivity contribution in [1.82, 2.24) is 15.6 Å². The third-order valence-electron chi connectivity index (χ3n) is 3.48. The topological polar surface area (TPSA) is 91.3 Å². The van der Waals surface area contributed by atoms with Crippen LogP contribution in [0.5, 0.6) is 5.75 Å². The van der Waals surface area contributed by atoms with Crippen LogP contribution in [-0.2, 0) is 4.79 Å². The Hall–Kier alpha value is -2.11. The monoisotopic (exact) mass is 307 g/mol. The van der Waals surface area contributed by atoms with Crippen LogP contribution in [0, 0.1) is 5.92 Å². The molecule has 1 unspecified atom stereocenters. The first-order valence-corrected chi connectivity index (χ1v) is 7.80.